The predicted molar refractivity (Wildman–Crippen MR) is 87.5 cm³/mol. The van der Waals surface area contributed by atoms with Gasteiger partial charge in [0.1, 0.15) is 11.9 Å². The summed E-state index contributed by atoms with van der Waals surface area (Å²) in [4.78, 5) is 12.7. The van der Waals surface area contributed by atoms with Gasteiger partial charge in [-0.2, -0.15) is 0 Å². The average Bonchev–Trinajstić information content (AvgIpc) is 2.56. The summed E-state index contributed by atoms with van der Waals surface area (Å²) in [6.07, 6.45) is 0. The van der Waals surface area contributed by atoms with Gasteiger partial charge in [-0.1, -0.05) is 30.3 Å². The molecule has 0 unspecified atom stereocenters. The van der Waals surface area contributed by atoms with Crippen LogP contribution in [0.25, 0.3) is 0 Å². The van der Waals surface area contributed by atoms with Crippen molar-refractivity contribution < 1.29 is 19.2 Å². The van der Waals surface area contributed by atoms with Crippen LogP contribution in [0.1, 0.15) is 18.5 Å². The van der Waals surface area contributed by atoms with E-state index in [1.54, 1.807) is 19.2 Å². The molecule has 0 heterocycles. The van der Waals surface area contributed by atoms with Crippen molar-refractivity contribution in [1.82, 2.24) is 0 Å². The normalized spacial score (nSPS) is 13.3. The molecule has 0 radical (unpaired) electrons. The van der Waals surface area contributed by atoms with E-state index in [0.29, 0.717) is 12.3 Å². The minimum Gasteiger partial charge on any atom is -0.379 e. The van der Waals surface area contributed by atoms with E-state index in [-0.39, 0.29) is 17.8 Å². The fourth-order valence-electron chi connectivity index (χ4n) is 2.41. The number of anilines is 1. The number of methoxy groups -OCH3 is 1. The molecule has 0 aliphatic heterocycles. The van der Waals surface area contributed by atoms with Gasteiger partial charge in [-0.25, -0.2) is 4.39 Å². The van der Waals surface area contributed by atoms with E-state index in [9.17, 15) is 9.18 Å². The highest BCUT2D eigenvalue weighted by Crippen LogP contribution is 2.14. The molecule has 5 heteroatoms. The molecule has 0 saturated carbocycles. The Labute approximate surface area is 135 Å². The van der Waals surface area contributed by atoms with Gasteiger partial charge in [0, 0.05) is 18.4 Å². The Balaban J connectivity index is 2.15. The molecule has 0 aromatic heterocycles. The number of carbonyl (C=O) groups excluding carboxylic acids is 1. The van der Waals surface area contributed by atoms with Gasteiger partial charge in [-0.05, 0) is 31.2 Å². The molecule has 0 aliphatic carbocycles. The summed E-state index contributed by atoms with van der Waals surface area (Å²) in [5.41, 5.74) is 1.49. The summed E-state index contributed by atoms with van der Waals surface area (Å²) < 4.78 is 18.1. The van der Waals surface area contributed by atoms with Crippen LogP contribution in [-0.4, -0.2) is 25.7 Å². The minimum atomic E-state index is -0.397. The number of hydrogen-bond donors (Lipinski definition) is 2. The van der Waals surface area contributed by atoms with Gasteiger partial charge in [0.25, 0.3) is 5.91 Å². The Hall–Kier alpha value is -2.24. The van der Waals surface area contributed by atoms with Crippen molar-refractivity contribution in [2.24, 2.45) is 0 Å². The summed E-state index contributed by atoms with van der Waals surface area (Å²) in [5.74, 6) is -0.478. The quantitative estimate of drug-likeness (QED) is 0.822. The summed E-state index contributed by atoms with van der Waals surface area (Å²) in [7, 11) is 1.64. The molecular formula is C18H22FN2O2+. The van der Waals surface area contributed by atoms with E-state index in [2.05, 4.69) is 5.32 Å². The lowest BCUT2D eigenvalue weighted by atomic mass is 10.0. The van der Waals surface area contributed by atoms with Crippen LogP contribution < -0.4 is 10.6 Å². The highest BCUT2D eigenvalue weighted by atomic mass is 19.1. The van der Waals surface area contributed by atoms with Crippen LogP contribution in [0.5, 0.6) is 0 Å². The zero-order valence-electron chi connectivity index (χ0n) is 13.3. The lowest BCUT2D eigenvalue weighted by Gasteiger charge is -2.19. The first-order valence-electron chi connectivity index (χ1n) is 7.55. The standard InChI is InChI=1S/C18H21FN2O2/c1-13(12-23-2)20-17(14-6-4-3-5-7-14)18(22)21-16-10-8-15(19)9-11-16/h3-11,13,17,20H,12H2,1-2H3,(H,21,22)/p+1/t13-,17+/m1/s1. The molecule has 0 fully saturated rings. The number of halogens is 1. The SMILES string of the molecule is COC[C@@H](C)[NH2+][C@H](C(=O)Nc1ccc(F)cc1)c1ccccc1. The second-order valence-corrected chi connectivity index (χ2v) is 5.51. The van der Waals surface area contributed by atoms with Crippen molar-refractivity contribution in [3.05, 3.63) is 66.0 Å². The molecule has 122 valence electrons. The highest BCUT2D eigenvalue weighted by Gasteiger charge is 2.26. The van der Waals surface area contributed by atoms with E-state index in [1.807, 2.05) is 42.6 Å². The van der Waals surface area contributed by atoms with Gasteiger partial charge in [-0.15, -0.1) is 0 Å². The Morgan fingerprint density at radius 3 is 2.43 bits per heavy atom. The molecule has 1 amide bonds. The topological polar surface area (TPSA) is 54.9 Å². The number of ether oxygens (including phenoxy) is 1. The van der Waals surface area contributed by atoms with E-state index < -0.39 is 6.04 Å². The molecule has 2 aromatic carbocycles. The number of rotatable bonds is 7. The van der Waals surface area contributed by atoms with Gasteiger partial charge in [-0.3, -0.25) is 4.79 Å². The fraction of sp³-hybridized carbons (Fsp3) is 0.278. The summed E-state index contributed by atoms with van der Waals surface area (Å²) >= 11 is 0. The number of carbonyl (C=O) groups is 1. The van der Waals surface area contributed by atoms with Crippen LogP contribution in [-0.2, 0) is 9.53 Å². The average molecular weight is 317 g/mol. The highest BCUT2D eigenvalue weighted by molar-refractivity contribution is 5.94. The zero-order valence-corrected chi connectivity index (χ0v) is 13.3. The van der Waals surface area contributed by atoms with Gasteiger partial charge >= 0.3 is 0 Å². The van der Waals surface area contributed by atoms with Gasteiger partial charge in [0.05, 0.1) is 6.61 Å². The van der Waals surface area contributed by atoms with Crippen molar-refractivity contribution in [1.29, 1.82) is 0 Å². The van der Waals surface area contributed by atoms with Crippen molar-refractivity contribution in [3.63, 3.8) is 0 Å². The van der Waals surface area contributed by atoms with Crippen LogP contribution in [0, 0.1) is 5.82 Å². The van der Waals surface area contributed by atoms with Gasteiger partial charge in [0.15, 0.2) is 6.04 Å². The lowest BCUT2D eigenvalue weighted by molar-refractivity contribution is -0.713. The maximum absolute atomic E-state index is 13.0. The fourth-order valence-corrected chi connectivity index (χ4v) is 2.41. The Morgan fingerprint density at radius 2 is 1.83 bits per heavy atom. The van der Waals surface area contributed by atoms with Gasteiger partial charge < -0.3 is 15.4 Å². The largest absolute Gasteiger partial charge is 0.379 e. The Kier molecular flexibility index (Phi) is 6.26. The molecule has 0 bridgehead atoms. The Bertz CT molecular complexity index is 617. The molecule has 4 nitrogen and oxygen atoms in total. The molecular weight excluding hydrogens is 295 g/mol. The molecule has 2 aromatic rings. The molecule has 2 rings (SSSR count). The van der Waals surface area contributed by atoms with Crippen LogP contribution >= 0.6 is 0 Å². The number of nitrogens with two attached hydrogens (primary N) is 1. The van der Waals surface area contributed by atoms with Crippen LogP contribution in [0.15, 0.2) is 54.6 Å². The molecule has 3 N–H and O–H groups in total. The molecule has 0 saturated heterocycles. The van der Waals surface area contributed by atoms with E-state index >= 15 is 0 Å². The summed E-state index contributed by atoms with van der Waals surface area (Å²) in [5, 5.41) is 4.81. The second-order valence-electron chi connectivity index (χ2n) is 5.51. The molecule has 2 atom stereocenters. The smallest absolute Gasteiger partial charge is 0.287 e. The molecule has 0 spiro atoms. The van der Waals surface area contributed by atoms with Crippen molar-refractivity contribution in [3.8, 4) is 0 Å². The summed E-state index contributed by atoms with van der Waals surface area (Å²) in [6, 6.07) is 15.0. The maximum Gasteiger partial charge on any atom is 0.287 e. The van der Waals surface area contributed by atoms with E-state index in [0.717, 1.165) is 5.56 Å². The predicted octanol–water partition coefficient (Wildman–Crippen LogP) is 2.10. The molecule has 23 heavy (non-hydrogen) atoms. The number of benzene rings is 2. The van der Waals surface area contributed by atoms with Gasteiger partial charge in [0.2, 0.25) is 0 Å². The zero-order chi connectivity index (χ0) is 16.7. The Morgan fingerprint density at radius 1 is 1.17 bits per heavy atom. The van der Waals surface area contributed by atoms with E-state index in [4.69, 9.17) is 4.74 Å². The first-order chi connectivity index (χ1) is 11.1. The van der Waals surface area contributed by atoms with Crippen LogP contribution in [0.4, 0.5) is 10.1 Å². The lowest BCUT2D eigenvalue weighted by Crippen LogP contribution is -2.92. The monoisotopic (exact) mass is 317 g/mol. The third-order valence-electron chi connectivity index (χ3n) is 3.50. The third-order valence-corrected chi connectivity index (χ3v) is 3.50. The van der Waals surface area contributed by atoms with Crippen LogP contribution in [0.2, 0.25) is 0 Å². The first-order valence-corrected chi connectivity index (χ1v) is 7.55. The minimum absolute atomic E-state index is 0.129. The third kappa shape index (κ3) is 5.16. The summed E-state index contributed by atoms with van der Waals surface area (Å²) in [6.45, 7) is 2.55. The number of amides is 1. The van der Waals surface area contributed by atoms with Crippen LogP contribution in [0.3, 0.4) is 0 Å². The first kappa shape index (κ1) is 17.1. The molecule has 0 aliphatic rings. The van der Waals surface area contributed by atoms with Crippen molar-refractivity contribution in [2.75, 3.05) is 19.0 Å². The number of quaternary nitrogens is 1. The van der Waals surface area contributed by atoms with E-state index in [1.165, 1.54) is 12.1 Å². The number of hydrogen-bond acceptors (Lipinski definition) is 2. The van der Waals surface area contributed by atoms with Crippen molar-refractivity contribution >= 4 is 11.6 Å². The number of nitrogens with one attached hydrogen (secondary N) is 1. The second kappa shape index (κ2) is 8.41. The maximum atomic E-state index is 13.0. The van der Waals surface area contributed by atoms with Crippen molar-refractivity contribution in [2.45, 2.75) is 19.0 Å².